The van der Waals surface area contributed by atoms with Gasteiger partial charge in [-0.2, -0.15) is 0 Å². The summed E-state index contributed by atoms with van der Waals surface area (Å²) in [7, 11) is 0. The van der Waals surface area contributed by atoms with Crippen LogP contribution >= 0.6 is 0 Å². The third-order valence-electron chi connectivity index (χ3n) is 9.62. The fourth-order valence-electron chi connectivity index (χ4n) is 6.90. The van der Waals surface area contributed by atoms with Gasteiger partial charge in [-0.25, -0.2) is 9.59 Å². The second kappa shape index (κ2) is 15.8. The van der Waals surface area contributed by atoms with Crippen LogP contribution in [0.3, 0.4) is 0 Å². The lowest BCUT2D eigenvalue weighted by Crippen LogP contribution is -2.55. The van der Waals surface area contributed by atoms with E-state index in [2.05, 4.69) is 22.4 Å². The molecule has 3 N–H and O–H groups in total. The highest BCUT2D eigenvalue weighted by Gasteiger charge is 2.48. The van der Waals surface area contributed by atoms with Crippen LogP contribution in [-0.4, -0.2) is 63.1 Å². The van der Waals surface area contributed by atoms with Crippen molar-refractivity contribution in [2.24, 2.45) is 11.1 Å². The normalized spacial score (nSPS) is 17.4. The monoisotopic (exact) mass is 772 g/mol. The van der Waals surface area contributed by atoms with Crippen LogP contribution in [-0.2, 0) is 52.2 Å². The van der Waals surface area contributed by atoms with Crippen molar-refractivity contribution in [3.05, 3.63) is 81.3 Å². The number of rotatable bonds is 12. The van der Waals surface area contributed by atoms with E-state index >= 15 is 0 Å². The zero-order valence-corrected chi connectivity index (χ0v) is 33.5. The number of benzene rings is 2. The summed E-state index contributed by atoms with van der Waals surface area (Å²) in [5.74, 6) is -3.22. The van der Waals surface area contributed by atoms with E-state index in [1.165, 1.54) is 0 Å². The molecule has 56 heavy (non-hydrogen) atoms. The lowest BCUT2D eigenvalue weighted by Gasteiger charge is -2.40. The van der Waals surface area contributed by atoms with Crippen LogP contribution < -0.4 is 16.2 Å². The topological polar surface area (TPSA) is 184 Å². The number of fused-ring (bicyclic) bond motifs is 5. The number of carboxylic acid groups (broad SMARTS) is 1. The van der Waals surface area contributed by atoms with Crippen molar-refractivity contribution >= 4 is 40.9 Å². The van der Waals surface area contributed by atoms with E-state index in [9.17, 15) is 29.1 Å². The van der Waals surface area contributed by atoms with Crippen molar-refractivity contribution in [1.29, 1.82) is 0 Å². The number of esters is 1. The lowest BCUT2D eigenvalue weighted by atomic mass is 9.83. The van der Waals surface area contributed by atoms with E-state index in [-0.39, 0.29) is 37.3 Å². The van der Waals surface area contributed by atoms with E-state index in [1.807, 2.05) is 57.2 Å². The van der Waals surface area contributed by atoms with Gasteiger partial charge in [0, 0.05) is 23.1 Å². The van der Waals surface area contributed by atoms with Crippen LogP contribution in [0.15, 0.2) is 58.7 Å². The summed E-state index contributed by atoms with van der Waals surface area (Å²) in [4.78, 5) is 71.9. The summed E-state index contributed by atoms with van der Waals surface area (Å²) < 4.78 is 19.3. The molecule has 2 aliphatic rings. The molecular formula is C42H52N4O10. The largest absolute Gasteiger partial charge is 0.489 e. The van der Waals surface area contributed by atoms with Gasteiger partial charge in [-0.15, -0.1) is 0 Å². The Bertz CT molecular complexity index is 2160. The average Bonchev–Trinajstić information content (AvgIpc) is 3.47. The smallest absolute Gasteiger partial charge is 0.408 e. The minimum Gasteiger partial charge on any atom is -0.489 e. The summed E-state index contributed by atoms with van der Waals surface area (Å²) in [5.41, 5.74) is 0.539. The Kier molecular flexibility index (Phi) is 11.7. The number of aliphatic carboxylic acids is 1. The zero-order valence-electron chi connectivity index (χ0n) is 33.5. The number of amides is 2. The molecule has 14 nitrogen and oxygen atoms in total. The minimum absolute atomic E-state index is 0.0927. The van der Waals surface area contributed by atoms with Gasteiger partial charge in [0.15, 0.2) is 5.60 Å². The molecule has 1 unspecified atom stereocenters. The summed E-state index contributed by atoms with van der Waals surface area (Å²) in [6.07, 6.45) is 0.201. The second-order valence-electron chi connectivity index (χ2n) is 16.5. The molecule has 2 aromatic carbocycles. The summed E-state index contributed by atoms with van der Waals surface area (Å²) in [6.45, 7) is 20.1. The third-order valence-corrected chi connectivity index (χ3v) is 9.62. The number of alkyl carbamates (subject to hydrolysis) is 1. The van der Waals surface area contributed by atoms with Gasteiger partial charge < -0.3 is 39.4 Å². The van der Waals surface area contributed by atoms with Gasteiger partial charge in [0.2, 0.25) is 5.91 Å². The molecule has 0 radical (unpaired) electrons. The number of oxime groups is 1. The van der Waals surface area contributed by atoms with Crippen LogP contribution in [0.4, 0.5) is 4.79 Å². The van der Waals surface area contributed by atoms with Crippen molar-refractivity contribution < 1.29 is 43.3 Å². The predicted molar refractivity (Wildman–Crippen MR) is 210 cm³/mol. The Morgan fingerprint density at radius 2 is 1.75 bits per heavy atom. The highest BCUT2D eigenvalue weighted by Crippen LogP contribution is 2.46. The fourth-order valence-corrected chi connectivity index (χ4v) is 6.90. The van der Waals surface area contributed by atoms with Gasteiger partial charge in [-0.05, 0) is 88.8 Å². The van der Waals surface area contributed by atoms with E-state index in [1.54, 1.807) is 52.3 Å². The first-order valence-electron chi connectivity index (χ1n) is 18.8. The molecule has 1 aromatic heterocycles. The van der Waals surface area contributed by atoms with Gasteiger partial charge >= 0.3 is 18.0 Å². The molecule has 3 atom stereocenters. The minimum atomic E-state index is -1.61. The number of carboxylic acids is 1. The Morgan fingerprint density at radius 1 is 1.05 bits per heavy atom. The Balaban J connectivity index is 1.53. The fraction of sp³-hybridized carbons (Fsp3) is 0.476. The average molecular weight is 773 g/mol. The van der Waals surface area contributed by atoms with Gasteiger partial charge in [0.1, 0.15) is 35.7 Å². The van der Waals surface area contributed by atoms with Crippen molar-refractivity contribution in [3.63, 3.8) is 0 Å². The molecule has 0 spiro atoms. The van der Waals surface area contributed by atoms with Crippen LogP contribution in [0.1, 0.15) is 104 Å². The van der Waals surface area contributed by atoms with Gasteiger partial charge in [0.05, 0.1) is 24.0 Å². The number of carbonyl (C=O) groups excluding carboxylic acids is 3. The first kappa shape index (κ1) is 41.5. The molecule has 3 heterocycles. The number of hydrogen-bond donors (Lipinski definition) is 3. The van der Waals surface area contributed by atoms with E-state index in [4.69, 9.17) is 19.0 Å². The van der Waals surface area contributed by atoms with Crippen molar-refractivity contribution in [2.75, 3.05) is 0 Å². The lowest BCUT2D eigenvalue weighted by molar-refractivity contribution is -0.168. The van der Waals surface area contributed by atoms with Crippen LogP contribution in [0, 0.1) is 5.92 Å². The Hall–Kier alpha value is -5.66. The number of ether oxygens (including phenoxy) is 3. The van der Waals surface area contributed by atoms with E-state index < -0.39 is 65.2 Å². The predicted octanol–water partition coefficient (Wildman–Crippen LogP) is 6.27. The van der Waals surface area contributed by atoms with Crippen LogP contribution in [0.25, 0.3) is 22.0 Å². The van der Waals surface area contributed by atoms with Crippen molar-refractivity contribution in [3.8, 4) is 11.3 Å². The molecule has 0 saturated carbocycles. The first-order chi connectivity index (χ1) is 26.2. The number of pyridine rings is 1. The highest BCUT2D eigenvalue weighted by atomic mass is 16.6. The number of hydrogen-bond acceptors (Lipinski definition) is 10. The number of nitrogens with zero attached hydrogens (tertiary/aromatic N) is 2. The molecule has 0 saturated heterocycles. The molecule has 2 aliphatic heterocycles. The van der Waals surface area contributed by atoms with Gasteiger partial charge in [-0.3, -0.25) is 14.4 Å². The SMILES string of the molecule is C=C1OCc2c(cc3n(c2=O)Cc2c-3cc3ccccc3c2/C=N\OC(C)(C)C)[C@]1(CC)OC(=O)C(NC(=O)[C@H](CCC(=O)O)NC(=O)OC(C)(C)C)C(C)C. The maximum Gasteiger partial charge on any atom is 0.408 e. The molecule has 3 aromatic rings. The van der Waals surface area contributed by atoms with Crippen LogP contribution in [0.2, 0.25) is 0 Å². The summed E-state index contributed by atoms with van der Waals surface area (Å²) >= 11 is 0. The van der Waals surface area contributed by atoms with Crippen molar-refractivity contribution in [1.82, 2.24) is 15.2 Å². The zero-order chi connectivity index (χ0) is 41.3. The molecule has 0 aliphatic carbocycles. The molecule has 0 bridgehead atoms. The maximum absolute atomic E-state index is 14.4. The Morgan fingerprint density at radius 3 is 2.38 bits per heavy atom. The molecule has 2 amide bonds. The summed E-state index contributed by atoms with van der Waals surface area (Å²) in [6, 6.07) is 9.15. The molecular weight excluding hydrogens is 720 g/mol. The summed E-state index contributed by atoms with van der Waals surface area (Å²) in [5, 5.41) is 20.6. The molecule has 0 fully saturated rings. The highest BCUT2D eigenvalue weighted by molar-refractivity contribution is 6.05. The Labute approximate surface area is 326 Å². The maximum atomic E-state index is 14.4. The van der Waals surface area contributed by atoms with Gasteiger partial charge in [0.25, 0.3) is 5.56 Å². The second-order valence-corrected chi connectivity index (χ2v) is 16.5. The standard InChI is InChI=1S/C42H52N4O10/c1-11-42(54-38(51)35(23(2)3)45-36(49)32(16-17-34(47)48)44-39(52)55-40(5,6)7)24(4)53-22-30-31(42)19-33-27-18-25-14-12-13-15-26(25)28(20-43-56-41(8,9)10)29(27)21-46(33)37(30)50/h12-15,18-20,23,32,35H,4,11,16-17,21-22H2,1-3,5-10H3,(H,44,52)(H,45,49)(H,47,48)/b43-20-/t32-,35?,42+/m0/s1. The third kappa shape index (κ3) is 8.74. The first-order valence-corrected chi connectivity index (χ1v) is 18.8. The van der Waals surface area contributed by atoms with Crippen LogP contribution in [0.5, 0.6) is 0 Å². The van der Waals surface area contributed by atoms with E-state index in [0.29, 0.717) is 16.8 Å². The molecule has 300 valence electrons. The van der Waals surface area contributed by atoms with E-state index in [0.717, 1.165) is 27.5 Å². The van der Waals surface area contributed by atoms with Gasteiger partial charge in [-0.1, -0.05) is 56.8 Å². The molecule has 5 rings (SSSR count). The number of aromatic nitrogens is 1. The number of carbonyl (C=O) groups is 4. The van der Waals surface area contributed by atoms with Crippen molar-refractivity contribution in [2.45, 2.75) is 124 Å². The number of nitrogens with one attached hydrogen (secondary N) is 2. The molecule has 14 heteroatoms. The quantitative estimate of drug-likeness (QED) is 0.0843.